The normalized spacial score (nSPS) is 18.8. The minimum Gasteiger partial charge on any atom is -0.458 e. The molecule has 3 rings (SSSR count). The predicted octanol–water partition coefficient (Wildman–Crippen LogP) is 2.16. The third kappa shape index (κ3) is 4.17. The molecule has 0 aliphatic carbocycles. The van der Waals surface area contributed by atoms with E-state index in [0.717, 1.165) is 6.42 Å². The smallest absolute Gasteiger partial charge is 0.317 e. The van der Waals surface area contributed by atoms with Gasteiger partial charge in [0.05, 0.1) is 24.2 Å². The van der Waals surface area contributed by atoms with Crippen LogP contribution in [-0.2, 0) is 21.3 Å². The highest BCUT2D eigenvalue weighted by molar-refractivity contribution is 7.89. The Labute approximate surface area is 157 Å². The number of hydrogen-bond acceptors (Lipinski definition) is 6. The maximum Gasteiger partial charge on any atom is 0.317 e. The topological polar surface area (TPSA) is 95.3 Å². The Balaban J connectivity index is 1.77. The van der Waals surface area contributed by atoms with Gasteiger partial charge in [0.1, 0.15) is 6.10 Å². The summed E-state index contributed by atoms with van der Waals surface area (Å²) >= 11 is 5.82. The van der Waals surface area contributed by atoms with Crippen molar-refractivity contribution in [3.63, 3.8) is 0 Å². The van der Waals surface area contributed by atoms with Crippen LogP contribution >= 0.6 is 11.6 Å². The molecule has 1 saturated heterocycles. The first-order valence-corrected chi connectivity index (χ1v) is 10.2. The van der Waals surface area contributed by atoms with Gasteiger partial charge in [-0.3, -0.25) is 4.57 Å². The van der Waals surface area contributed by atoms with E-state index in [0.29, 0.717) is 36.6 Å². The third-order valence-electron chi connectivity index (χ3n) is 4.06. The van der Waals surface area contributed by atoms with Crippen molar-refractivity contribution in [1.29, 1.82) is 0 Å². The summed E-state index contributed by atoms with van der Waals surface area (Å²) in [5.74, 6) is 0.485. The maximum atomic E-state index is 12.6. The Hall–Kier alpha value is -1.68. The molecule has 10 heteroatoms. The van der Waals surface area contributed by atoms with Crippen LogP contribution < -0.4 is 9.46 Å². The molecule has 2 atom stereocenters. The Morgan fingerprint density at radius 3 is 2.73 bits per heavy atom. The average molecular weight is 401 g/mol. The van der Waals surface area contributed by atoms with Gasteiger partial charge in [0.2, 0.25) is 10.0 Å². The molecule has 2 heterocycles. The van der Waals surface area contributed by atoms with E-state index in [1.165, 1.54) is 24.3 Å². The first kappa shape index (κ1) is 19.1. The standard InChI is InChI=1S/C16H21ClN4O4S/c1-3-21-15(18-19-16(21)25-13-8-9-24-10-13)11(2)20-26(22,23)14-6-4-12(17)5-7-14/h4-7,11,13,20H,3,8-10H2,1-2H3/t11-,13?/m1/s1. The zero-order valence-corrected chi connectivity index (χ0v) is 16.1. The molecular weight excluding hydrogens is 380 g/mol. The first-order chi connectivity index (χ1) is 12.4. The molecule has 1 fully saturated rings. The van der Waals surface area contributed by atoms with Crippen LogP contribution in [0.15, 0.2) is 29.2 Å². The predicted molar refractivity (Wildman–Crippen MR) is 95.7 cm³/mol. The second-order valence-corrected chi connectivity index (χ2v) is 8.14. The summed E-state index contributed by atoms with van der Waals surface area (Å²) in [4.78, 5) is 0.135. The van der Waals surface area contributed by atoms with E-state index in [-0.39, 0.29) is 11.0 Å². The molecule has 1 N–H and O–H groups in total. The van der Waals surface area contributed by atoms with Crippen LogP contribution in [0.5, 0.6) is 6.01 Å². The lowest BCUT2D eigenvalue weighted by atomic mass is 10.3. The van der Waals surface area contributed by atoms with Crippen molar-refractivity contribution in [3.8, 4) is 6.01 Å². The molecule has 26 heavy (non-hydrogen) atoms. The molecule has 0 saturated carbocycles. The summed E-state index contributed by atoms with van der Waals surface area (Å²) in [5, 5.41) is 8.66. The number of benzene rings is 1. The molecule has 1 aliphatic rings. The average Bonchev–Trinajstić information content (AvgIpc) is 3.24. The lowest BCUT2D eigenvalue weighted by Crippen LogP contribution is -2.29. The SMILES string of the molecule is CCn1c(OC2CCOC2)nnc1[C@@H](C)NS(=O)(=O)c1ccc(Cl)cc1. The largest absolute Gasteiger partial charge is 0.458 e. The highest BCUT2D eigenvalue weighted by atomic mass is 35.5. The monoisotopic (exact) mass is 400 g/mol. The second-order valence-electron chi connectivity index (χ2n) is 5.99. The van der Waals surface area contributed by atoms with Crippen molar-refractivity contribution in [2.45, 2.75) is 43.9 Å². The molecule has 142 valence electrons. The zero-order chi connectivity index (χ0) is 18.7. The van der Waals surface area contributed by atoms with E-state index in [1.54, 1.807) is 11.5 Å². The van der Waals surface area contributed by atoms with Crippen LogP contribution in [0.25, 0.3) is 0 Å². The minimum atomic E-state index is -3.71. The molecule has 1 unspecified atom stereocenters. The van der Waals surface area contributed by atoms with Crippen molar-refractivity contribution in [3.05, 3.63) is 35.1 Å². The quantitative estimate of drug-likeness (QED) is 0.765. The molecule has 1 aromatic carbocycles. The number of rotatable bonds is 7. The minimum absolute atomic E-state index is 0.0570. The van der Waals surface area contributed by atoms with Gasteiger partial charge in [-0.2, -0.15) is 0 Å². The van der Waals surface area contributed by atoms with E-state index >= 15 is 0 Å². The van der Waals surface area contributed by atoms with E-state index in [1.807, 2.05) is 6.92 Å². The maximum absolute atomic E-state index is 12.6. The second kappa shape index (κ2) is 7.91. The highest BCUT2D eigenvalue weighted by Crippen LogP contribution is 2.22. The van der Waals surface area contributed by atoms with Gasteiger partial charge in [-0.1, -0.05) is 16.7 Å². The van der Waals surface area contributed by atoms with E-state index < -0.39 is 16.1 Å². The van der Waals surface area contributed by atoms with Crippen LogP contribution in [0, 0.1) is 0 Å². The Morgan fingerprint density at radius 2 is 2.12 bits per heavy atom. The van der Waals surface area contributed by atoms with Gasteiger partial charge < -0.3 is 9.47 Å². The van der Waals surface area contributed by atoms with Crippen LogP contribution in [0.2, 0.25) is 5.02 Å². The lowest BCUT2D eigenvalue weighted by Gasteiger charge is -2.16. The fourth-order valence-corrected chi connectivity index (χ4v) is 4.05. The summed E-state index contributed by atoms with van der Waals surface area (Å²) in [5.41, 5.74) is 0. The number of sulfonamides is 1. The van der Waals surface area contributed by atoms with Gasteiger partial charge in [-0.05, 0) is 38.1 Å². The number of nitrogens with one attached hydrogen (secondary N) is 1. The Bertz CT molecular complexity index is 848. The number of halogens is 1. The van der Waals surface area contributed by atoms with Crippen molar-refractivity contribution in [2.24, 2.45) is 0 Å². The molecule has 0 radical (unpaired) electrons. The van der Waals surface area contributed by atoms with Crippen molar-refractivity contribution in [1.82, 2.24) is 19.5 Å². The van der Waals surface area contributed by atoms with Crippen LogP contribution in [0.3, 0.4) is 0 Å². The fourth-order valence-electron chi connectivity index (χ4n) is 2.73. The number of hydrogen-bond donors (Lipinski definition) is 1. The van der Waals surface area contributed by atoms with Crippen molar-refractivity contribution >= 4 is 21.6 Å². The number of nitrogens with zero attached hydrogens (tertiary/aromatic N) is 3. The summed E-state index contributed by atoms with van der Waals surface area (Å²) in [6.07, 6.45) is 0.739. The fraction of sp³-hybridized carbons (Fsp3) is 0.500. The summed E-state index contributed by atoms with van der Waals surface area (Å²) in [6, 6.07) is 5.76. The summed E-state index contributed by atoms with van der Waals surface area (Å²) in [6.45, 7) is 5.37. The zero-order valence-electron chi connectivity index (χ0n) is 14.6. The van der Waals surface area contributed by atoms with Gasteiger partial charge in [0, 0.05) is 18.0 Å². The van der Waals surface area contributed by atoms with Crippen LogP contribution in [-0.4, -0.2) is 42.5 Å². The summed E-state index contributed by atoms with van der Waals surface area (Å²) < 4.78 is 40.6. The van der Waals surface area contributed by atoms with Crippen molar-refractivity contribution in [2.75, 3.05) is 13.2 Å². The van der Waals surface area contributed by atoms with Crippen LogP contribution in [0.1, 0.15) is 32.1 Å². The summed E-state index contributed by atoms with van der Waals surface area (Å²) in [7, 11) is -3.71. The van der Waals surface area contributed by atoms with Crippen LogP contribution in [0.4, 0.5) is 0 Å². The third-order valence-corrected chi connectivity index (χ3v) is 5.87. The van der Waals surface area contributed by atoms with Gasteiger partial charge in [-0.25, -0.2) is 13.1 Å². The molecule has 1 aromatic heterocycles. The van der Waals surface area contributed by atoms with Gasteiger partial charge >= 0.3 is 6.01 Å². The van der Waals surface area contributed by atoms with Gasteiger partial charge in [-0.15, -0.1) is 5.10 Å². The first-order valence-electron chi connectivity index (χ1n) is 8.36. The molecule has 0 amide bonds. The molecule has 0 bridgehead atoms. The van der Waals surface area contributed by atoms with Crippen molar-refractivity contribution < 1.29 is 17.9 Å². The Kier molecular flexibility index (Phi) is 5.81. The van der Waals surface area contributed by atoms with E-state index in [4.69, 9.17) is 21.1 Å². The van der Waals surface area contributed by atoms with E-state index in [2.05, 4.69) is 14.9 Å². The number of ether oxygens (including phenoxy) is 2. The number of aromatic nitrogens is 3. The highest BCUT2D eigenvalue weighted by Gasteiger charge is 2.26. The molecule has 2 aromatic rings. The van der Waals surface area contributed by atoms with Gasteiger partial charge in [0.25, 0.3) is 0 Å². The Morgan fingerprint density at radius 1 is 1.38 bits per heavy atom. The molecule has 1 aliphatic heterocycles. The van der Waals surface area contributed by atoms with Gasteiger partial charge in [0.15, 0.2) is 5.82 Å². The molecule has 0 spiro atoms. The molecular formula is C16H21ClN4O4S. The molecule has 8 nitrogen and oxygen atoms in total. The lowest BCUT2D eigenvalue weighted by molar-refractivity contribution is 0.130. The van der Waals surface area contributed by atoms with E-state index in [9.17, 15) is 8.42 Å².